The summed E-state index contributed by atoms with van der Waals surface area (Å²) in [6.07, 6.45) is -2.98. The normalized spacial score (nSPS) is 17.2. The van der Waals surface area contributed by atoms with Crippen molar-refractivity contribution >= 4 is 33.3 Å². The lowest BCUT2D eigenvalue weighted by Gasteiger charge is -2.21. The van der Waals surface area contributed by atoms with Crippen LogP contribution in [-0.2, 0) is 29.0 Å². The number of nitrogens with zero attached hydrogens (tertiary/aromatic N) is 1. The molecule has 0 bridgehead atoms. The van der Waals surface area contributed by atoms with Gasteiger partial charge in [-0.05, 0) is 49.1 Å². The predicted molar refractivity (Wildman–Crippen MR) is 103 cm³/mol. The summed E-state index contributed by atoms with van der Waals surface area (Å²) in [5.74, 6) is 0. The number of alkyl halides is 3. The zero-order valence-corrected chi connectivity index (χ0v) is 16.2. The monoisotopic (exact) mass is 430 g/mol. The summed E-state index contributed by atoms with van der Waals surface area (Å²) in [6, 6.07) is 10.8. The first-order valence-corrected chi connectivity index (χ1v) is 9.93. The largest absolute Gasteiger partial charge is 0.416 e. The highest BCUT2D eigenvalue weighted by Crippen LogP contribution is 2.36. The zero-order valence-electron chi connectivity index (χ0n) is 14.6. The quantitative estimate of drug-likeness (QED) is 0.664. The van der Waals surface area contributed by atoms with E-state index in [1.54, 1.807) is 12.1 Å². The van der Waals surface area contributed by atoms with Crippen molar-refractivity contribution in [1.29, 1.82) is 0 Å². The lowest BCUT2D eigenvalue weighted by molar-refractivity contribution is -0.137. The summed E-state index contributed by atoms with van der Waals surface area (Å²) < 4.78 is 67.0. The fourth-order valence-corrected chi connectivity index (χ4v) is 5.36. The molecule has 0 amide bonds. The van der Waals surface area contributed by atoms with Crippen molar-refractivity contribution in [3.63, 3.8) is 0 Å². The number of nitrogens with two attached hydrogens (primary N) is 1. The van der Waals surface area contributed by atoms with E-state index >= 15 is 0 Å². The second-order valence-electron chi connectivity index (χ2n) is 6.74. The minimum Gasteiger partial charge on any atom is -0.327 e. The van der Waals surface area contributed by atoms with E-state index < -0.39 is 21.8 Å². The lowest BCUT2D eigenvalue weighted by atomic mass is 9.92. The summed E-state index contributed by atoms with van der Waals surface area (Å²) in [4.78, 5) is -0.379. The van der Waals surface area contributed by atoms with E-state index in [1.165, 1.54) is 10.0 Å². The van der Waals surface area contributed by atoms with Gasteiger partial charge in [-0.2, -0.15) is 13.2 Å². The van der Waals surface area contributed by atoms with Crippen LogP contribution in [0.5, 0.6) is 0 Å². The van der Waals surface area contributed by atoms with Crippen LogP contribution in [0.4, 0.5) is 13.2 Å². The van der Waals surface area contributed by atoms with E-state index in [4.69, 9.17) is 5.73 Å². The van der Waals surface area contributed by atoms with Crippen LogP contribution in [0.25, 0.3) is 10.9 Å². The Labute approximate surface area is 166 Å². The van der Waals surface area contributed by atoms with Gasteiger partial charge in [-0.3, -0.25) is 0 Å². The summed E-state index contributed by atoms with van der Waals surface area (Å²) >= 11 is 0. The van der Waals surface area contributed by atoms with E-state index in [0.717, 1.165) is 23.1 Å². The highest BCUT2D eigenvalue weighted by atomic mass is 35.5. The molecule has 1 aromatic heterocycles. The van der Waals surface area contributed by atoms with Gasteiger partial charge < -0.3 is 5.73 Å². The van der Waals surface area contributed by atoms with Crippen molar-refractivity contribution in [3.8, 4) is 0 Å². The van der Waals surface area contributed by atoms with Crippen molar-refractivity contribution in [3.05, 3.63) is 65.4 Å². The Hall–Kier alpha value is -2.03. The smallest absolute Gasteiger partial charge is 0.327 e. The number of fused-ring (bicyclic) bond motifs is 3. The average molecular weight is 431 g/mol. The molecule has 1 aliphatic carbocycles. The van der Waals surface area contributed by atoms with Crippen LogP contribution in [0.3, 0.4) is 0 Å². The fraction of sp³-hybridized carbons (Fsp3) is 0.263. The molecule has 4 rings (SSSR count). The standard InChI is InChI=1S/C19H17F3N2O2S.ClH/c20-19(21,22)12-4-3-5-14(10-12)27(25,26)24-17-7-2-1-6-15(17)16-11-13(23)8-9-18(16)24;/h1-7,10,13H,8-9,11,23H2;1H. The topological polar surface area (TPSA) is 65.1 Å². The first-order valence-electron chi connectivity index (χ1n) is 8.49. The molecule has 0 radical (unpaired) electrons. The first-order chi connectivity index (χ1) is 12.7. The van der Waals surface area contributed by atoms with Crippen molar-refractivity contribution in [1.82, 2.24) is 3.97 Å². The van der Waals surface area contributed by atoms with E-state index in [9.17, 15) is 21.6 Å². The predicted octanol–water partition coefficient (Wildman–Crippen LogP) is 4.13. The van der Waals surface area contributed by atoms with Gasteiger partial charge in [-0.1, -0.05) is 24.3 Å². The molecule has 2 aromatic carbocycles. The molecule has 0 saturated carbocycles. The number of halogens is 4. The van der Waals surface area contributed by atoms with Crippen LogP contribution in [0.2, 0.25) is 0 Å². The molecule has 9 heteroatoms. The highest BCUT2D eigenvalue weighted by molar-refractivity contribution is 7.90. The van der Waals surface area contributed by atoms with Gasteiger partial charge in [0.2, 0.25) is 0 Å². The second-order valence-corrected chi connectivity index (χ2v) is 8.53. The molecule has 150 valence electrons. The summed E-state index contributed by atoms with van der Waals surface area (Å²) in [5.41, 5.74) is 7.00. The molecule has 1 atom stereocenters. The van der Waals surface area contributed by atoms with Crippen molar-refractivity contribution in [2.24, 2.45) is 5.73 Å². The maximum atomic E-state index is 13.3. The van der Waals surface area contributed by atoms with E-state index in [2.05, 4.69) is 0 Å². The van der Waals surface area contributed by atoms with Crippen LogP contribution in [-0.4, -0.2) is 18.4 Å². The number of para-hydroxylation sites is 1. The summed E-state index contributed by atoms with van der Waals surface area (Å²) in [5, 5.41) is 0.776. The molecule has 2 N–H and O–H groups in total. The van der Waals surface area contributed by atoms with Crippen LogP contribution < -0.4 is 5.73 Å². The maximum Gasteiger partial charge on any atom is 0.416 e. The number of benzene rings is 2. The summed E-state index contributed by atoms with van der Waals surface area (Å²) in [7, 11) is -4.19. The lowest BCUT2D eigenvalue weighted by Crippen LogP contribution is -2.29. The van der Waals surface area contributed by atoms with Crippen molar-refractivity contribution in [2.75, 3.05) is 0 Å². The van der Waals surface area contributed by atoms with Gasteiger partial charge in [0, 0.05) is 17.1 Å². The molecule has 1 unspecified atom stereocenters. The molecule has 1 heterocycles. The average Bonchev–Trinajstić information content (AvgIpc) is 2.95. The van der Waals surface area contributed by atoms with Gasteiger partial charge in [0.15, 0.2) is 0 Å². The van der Waals surface area contributed by atoms with Gasteiger partial charge in [0.1, 0.15) is 0 Å². The Balaban J connectivity index is 0.00000225. The third-order valence-corrected chi connectivity index (χ3v) is 6.71. The maximum absolute atomic E-state index is 13.3. The van der Waals surface area contributed by atoms with Crippen molar-refractivity contribution < 1.29 is 21.6 Å². The Morgan fingerprint density at radius 1 is 1.07 bits per heavy atom. The molecule has 0 saturated heterocycles. The Morgan fingerprint density at radius 3 is 2.50 bits per heavy atom. The van der Waals surface area contributed by atoms with Crippen LogP contribution in [0, 0.1) is 0 Å². The fourth-order valence-electron chi connectivity index (χ4n) is 3.71. The Morgan fingerprint density at radius 2 is 1.79 bits per heavy atom. The SMILES string of the molecule is Cl.NC1CCc2c(c3ccccc3n2S(=O)(=O)c2cccc(C(F)(F)F)c2)C1. The minimum absolute atomic E-state index is 0. The van der Waals surface area contributed by atoms with E-state index in [1.807, 2.05) is 12.1 Å². The van der Waals surface area contributed by atoms with Crippen LogP contribution in [0.15, 0.2) is 53.4 Å². The number of aromatic nitrogens is 1. The second kappa shape index (κ2) is 7.09. The van der Waals surface area contributed by atoms with Gasteiger partial charge in [0.25, 0.3) is 10.0 Å². The number of hydrogen-bond donors (Lipinski definition) is 1. The van der Waals surface area contributed by atoms with Gasteiger partial charge >= 0.3 is 6.18 Å². The van der Waals surface area contributed by atoms with E-state index in [0.29, 0.717) is 36.5 Å². The minimum atomic E-state index is -4.61. The molecule has 3 aromatic rings. The van der Waals surface area contributed by atoms with Gasteiger partial charge in [-0.15, -0.1) is 12.4 Å². The number of rotatable bonds is 2. The molecule has 28 heavy (non-hydrogen) atoms. The van der Waals surface area contributed by atoms with E-state index in [-0.39, 0.29) is 23.3 Å². The highest BCUT2D eigenvalue weighted by Gasteiger charge is 2.34. The third kappa shape index (κ3) is 3.29. The molecule has 0 spiro atoms. The molecule has 0 aliphatic heterocycles. The molecular weight excluding hydrogens is 413 g/mol. The Kier molecular flexibility index (Phi) is 5.24. The molecule has 4 nitrogen and oxygen atoms in total. The zero-order chi connectivity index (χ0) is 19.4. The number of hydrogen-bond acceptors (Lipinski definition) is 3. The van der Waals surface area contributed by atoms with Crippen LogP contribution >= 0.6 is 12.4 Å². The van der Waals surface area contributed by atoms with Crippen molar-refractivity contribution in [2.45, 2.75) is 36.4 Å². The molecule has 1 aliphatic rings. The molecular formula is C19H18ClF3N2O2S. The Bertz CT molecular complexity index is 1140. The molecule has 0 fully saturated rings. The van der Waals surface area contributed by atoms with Gasteiger partial charge in [-0.25, -0.2) is 12.4 Å². The van der Waals surface area contributed by atoms with Crippen LogP contribution in [0.1, 0.15) is 23.2 Å². The van der Waals surface area contributed by atoms with Gasteiger partial charge in [0.05, 0.1) is 16.0 Å². The first kappa shape index (κ1) is 20.7. The third-order valence-electron chi connectivity index (χ3n) is 4.96. The summed E-state index contributed by atoms with van der Waals surface area (Å²) in [6.45, 7) is 0.